The molecule has 0 unspecified atom stereocenters. The number of carboxylic acid groups (broad SMARTS) is 1. The molecular formula is C31H43N3O6. The summed E-state index contributed by atoms with van der Waals surface area (Å²) in [6, 6.07) is 12.7. The Labute approximate surface area is 237 Å². The van der Waals surface area contributed by atoms with E-state index in [4.69, 9.17) is 14.2 Å². The number of fused-ring (bicyclic) bond motifs is 1. The third-order valence-corrected chi connectivity index (χ3v) is 7.92. The average molecular weight is 554 g/mol. The van der Waals surface area contributed by atoms with Crippen LogP contribution in [0.15, 0.2) is 42.5 Å². The van der Waals surface area contributed by atoms with Gasteiger partial charge in [0.15, 0.2) is 11.5 Å². The van der Waals surface area contributed by atoms with Gasteiger partial charge in [-0.15, -0.1) is 0 Å². The van der Waals surface area contributed by atoms with Crippen molar-refractivity contribution >= 4 is 11.9 Å². The molecule has 218 valence electrons. The van der Waals surface area contributed by atoms with Crippen LogP contribution in [0.5, 0.6) is 17.2 Å². The first kappa shape index (κ1) is 29.7. The van der Waals surface area contributed by atoms with Gasteiger partial charge in [0.2, 0.25) is 12.7 Å². The van der Waals surface area contributed by atoms with Crippen LogP contribution >= 0.6 is 0 Å². The summed E-state index contributed by atoms with van der Waals surface area (Å²) in [5.41, 5.74) is 1.73. The maximum Gasteiger partial charge on any atom is 0.309 e. The van der Waals surface area contributed by atoms with Crippen molar-refractivity contribution in [2.75, 3.05) is 60.7 Å². The molecule has 2 aromatic rings. The number of carbonyl (C=O) groups excluding carboxylic acids is 1. The topological polar surface area (TPSA) is 91.8 Å². The summed E-state index contributed by atoms with van der Waals surface area (Å²) in [6.45, 7) is 5.30. The minimum absolute atomic E-state index is 0.0484. The van der Waals surface area contributed by atoms with Crippen molar-refractivity contribution in [3.8, 4) is 17.2 Å². The third kappa shape index (κ3) is 7.06. The van der Waals surface area contributed by atoms with Crippen molar-refractivity contribution in [2.45, 2.75) is 44.6 Å². The van der Waals surface area contributed by atoms with E-state index in [-0.39, 0.29) is 25.2 Å². The molecule has 4 rings (SSSR count). The van der Waals surface area contributed by atoms with Gasteiger partial charge in [0.25, 0.3) is 0 Å². The lowest BCUT2D eigenvalue weighted by molar-refractivity contribution is -0.144. The number of hydrogen-bond acceptors (Lipinski definition) is 7. The highest BCUT2D eigenvalue weighted by Gasteiger charge is 2.48. The van der Waals surface area contributed by atoms with Crippen molar-refractivity contribution in [1.82, 2.24) is 14.7 Å². The van der Waals surface area contributed by atoms with Crippen LogP contribution in [0.3, 0.4) is 0 Å². The Hall–Kier alpha value is -3.30. The van der Waals surface area contributed by atoms with E-state index >= 15 is 0 Å². The van der Waals surface area contributed by atoms with Crippen LogP contribution in [0.4, 0.5) is 0 Å². The summed E-state index contributed by atoms with van der Waals surface area (Å²) >= 11 is 0. The van der Waals surface area contributed by atoms with Crippen LogP contribution in [-0.2, 0) is 9.59 Å². The molecule has 9 nitrogen and oxygen atoms in total. The van der Waals surface area contributed by atoms with E-state index in [2.05, 4.69) is 30.8 Å². The zero-order valence-corrected chi connectivity index (χ0v) is 24.2. The van der Waals surface area contributed by atoms with Crippen LogP contribution in [0.2, 0.25) is 0 Å². The van der Waals surface area contributed by atoms with Crippen molar-refractivity contribution in [3.05, 3.63) is 53.6 Å². The van der Waals surface area contributed by atoms with Gasteiger partial charge in [-0.25, -0.2) is 0 Å². The number of hydrogen-bond donors (Lipinski definition) is 1. The van der Waals surface area contributed by atoms with Gasteiger partial charge in [0.1, 0.15) is 5.75 Å². The molecule has 1 fully saturated rings. The maximum absolute atomic E-state index is 13.8. The molecule has 0 aromatic heterocycles. The van der Waals surface area contributed by atoms with E-state index in [1.165, 1.54) is 0 Å². The second-order valence-corrected chi connectivity index (χ2v) is 11.0. The Bertz CT molecular complexity index is 1140. The number of benzene rings is 2. The number of methoxy groups -OCH3 is 1. The van der Waals surface area contributed by atoms with E-state index in [0.717, 1.165) is 43.4 Å². The van der Waals surface area contributed by atoms with Gasteiger partial charge in [0.05, 0.1) is 19.6 Å². The molecule has 3 atom stereocenters. The average Bonchev–Trinajstić information content (AvgIpc) is 3.57. The fraction of sp³-hybridized carbons (Fsp3) is 0.548. The molecule has 0 aliphatic carbocycles. The van der Waals surface area contributed by atoms with Crippen LogP contribution < -0.4 is 14.2 Å². The molecule has 40 heavy (non-hydrogen) atoms. The van der Waals surface area contributed by atoms with Gasteiger partial charge in [-0.2, -0.15) is 0 Å². The van der Waals surface area contributed by atoms with Crippen molar-refractivity contribution < 1.29 is 28.9 Å². The largest absolute Gasteiger partial charge is 0.497 e. The van der Waals surface area contributed by atoms with Crippen molar-refractivity contribution in [1.29, 1.82) is 0 Å². The summed E-state index contributed by atoms with van der Waals surface area (Å²) in [5.74, 6) is 0.0833. The quantitative estimate of drug-likeness (QED) is 0.348. The zero-order chi connectivity index (χ0) is 28.6. The van der Waals surface area contributed by atoms with Crippen LogP contribution in [0, 0.1) is 5.92 Å². The highest BCUT2D eigenvalue weighted by Crippen LogP contribution is 2.47. The zero-order valence-electron chi connectivity index (χ0n) is 24.2. The van der Waals surface area contributed by atoms with Gasteiger partial charge in [-0.1, -0.05) is 31.5 Å². The molecule has 0 spiro atoms. The van der Waals surface area contributed by atoms with Gasteiger partial charge >= 0.3 is 5.97 Å². The summed E-state index contributed by atoms with van der Waals surface area (Å²) in [4.78, 5) is 32.8. The molecule has 0 radical (unpaired) electrons. The summed E-state index contributed by atoms with van der Waals surface area (Å²) in [6.07, 6.45) is 3.91. The number of aliphatic carboxylic acids is 1. The number of likely N-dealkylation sites (tertiary alicyclic amines) is 1. The van der Waals surface area contributed by atoms with Crippen LogP contribution in [0.25, 0.3) is 0 Å². The molecule has 2 heterocycles. The van der Waals surface area contributed by atoms with Crippen molar-refractivity contribution in [3.63, 3.8) is 0 Å². The Morgan fingerprint density at radius 2 is 1.65 bits per heavy atom. The number of amides is 1. The minimum atomic E-state index is -0.884. The number of rotatable bonds is 14. The minimum Gasteiger partial charge on any atom is -0.497 e. The first-order chi connectivity index (χ1) is 19.3. The molecule has 0 bridgehead atoms. The smallest absolute Gasteiger partial charge is 0.309 e. The molecule has 2 aliphatic heterocycles. The fourth-order valence-corrected chi connectivity index (χ4v) is 5.79. The number of carboxylic acids is 1. The molecule has 1 saturated heterocycles. The lowest BCUT2D eigenvalue weighted by Gasteiger charge is -2.30. The monoisotopic (exact) mass is 553 g/mol. The molecule has 1 N–H and O–H groups in total. The lowest BCUT2D eigenvalue weighted by Crippen LogP contribution is -2.42. The third-order valence-electron chi connectivity index (χ3n) is 7.92. The van der Waals surface area contributed by atoms with E-state index in [9.17, 15) is 14.7 Å². The molecule has 9 heteroatoms. The maximum atomic E-state index is 13.8. The first-order valence-electron chi connectivity index (χ1n) is 14.2. The van der Waals surface area contributed by atoms with E-state index in [0.29, 0.717) is 36.9 Å². The van der Waals surface area contributed by atoms with E-state index in [1.54, 1.807) is 7.11 Å². The van der Waals surface area contributed by atoms with E-state index in [1.807, 2.05) is 47.4 Å². The second kappa shape index (κ2) is 13.9. The van der Waals surface area contributed by atoms with E-state index < -0.39 is 17.9 Å². The summed E-state index contributed by atoms with van der Waals surface area (Å²) < 4.78 is 16.4. The van der Waals surface area contributed by atoms with Gasteiger partial charge in [0, 0.05) is 31.6 Å². The molecule has 2 aliphatic rings. The number of ether oxygens (including phenoxy) is 3. The Morgan fingerprint density at radius 3 is 2.33 bits per heavy atom. The molecule has 1 amide bonds. The summed E-state index contributed by atoms with van der Waals surface area (Å²) in [5, 5.41) is 10.5. The van der Waals surface area contributed by atoms with Crippen LogP contribution in [0.1, 0.15) is 55.7 Å². The molecule has 2 aromatic carbocycles. The normalized spacial score (nSPS) is 20.2. The highest BCUT2D eigenvalue weighted by atomic mass is 16.7. The standard InChI is InChI=1S/C31H43N3O6/c1-5-6-16-33(17-8-7-15-32(2)3)28(35)20-34-19-25(23-11-14-26-27(18-23)40-21-39-26)29(31(36)37)30(34)22-9-12-24(38-4)13-10-22/h9-14,18,25,29-30H,5-8,15-17,19-21H2,1-4H3,(H,36,37)/t25-,29-,30+/m0/s1. The number of unbranched alkanes of at least 4 members (excludes halogenated alkanes) is 2. The lowest BCUT2D eigenvalue weighted by atomic mass is 9.82. The van der Waals surface area contributed by atoms with Gasteiger partial charge < -0.3 is 29.1 Å². The highest BCUT2D eigenvalue weighted by molar-refractivity contribution is 5.79. The number of carbonyl (C=O) groups is 2. The number of nitrogens with zero attached hydrogens (tertiary/aromatic N) is 3. The van der Waals surface area contributed by atoms with Gasteiger partial charge in [-0.3, -0.25) is 14.5 Å². The Morgan fingerprint density at radius 1 is 0.975 bits per heavy atom. The predicted octanol–water partition coefficient (Wildman–Crippen LogP) is 4.24. The molecular weight excluding hydrogens is 510 g/mol. The van der Waals surface area contributed by atoms with Crippen LogP contribution in [-0.4, -0.2) is 92.4 Å². The van der Waals surface area contributed by atoms with Crippen molar-refractivity contribution in [2.24, 2.45) is 5.92 Å². The second-order valence-electron chi connectivity index (χ2n) is 11.0. The predicted molar refractivity (Wildman–Crippen MR) is 153 cm³/mol. The van der Waals surface area contributed by atoms with Gasteiger partial charge in [-0.05, 0) is 75.3 Å². The molecule has 0 saturated carbocycles. The Balaban J connectivity index is 1.61. The first-order valence-corrected chi connectivity index (χ1v) is 14.2. The SMILES string of the molecule is CCCCN(CCCCN(C)C)C(=O)CN1C[C@@H](c2ccc3c(c2)OCO3)[C@H](C(=O)O)[C@H]1c1ccc(OC)cc1. The Kier molecular flexibility index (Phi) is 10.3. The fourth-order valence-electron chi connectivity index (χ4n) is 5.79. The summed E-state index contributed by atoms with van der Waals surface area (Å²) in [7, 11) is 5.72.